The van der Waals surface area contributed by atoms with E-state index in [1.54, 1.807) is 11.3 Å². The van der Waals surface area contributed by atoms with E-state index >= 15 is 0 Å². The van der Waals surface area contributed by atoms with Crippen molar-refractivity contribution in [2.45, 2.75) is 45.7 Å². The highest BCUT2D eigenvalue weighted by atomic mass is 32.1. The van der Waals surface area contributed by atoms with Crippen molar-refractivity contribution in [3.8, 4) is 0 Å². The van der Waals surface area contributed by atoms with Crippen LogP contribution in [0.3, 0.4) is 0 Å². The Bertz CT molecular complexity index is 321. The largest absolute Gasteiger partial charge is 0.298 e. The van der Waals surface area contributed by atoms with E-state index in [1.807, 2.05) is 20.9 Å². The molecule has 0 aliphatic carbocycles. The second-order valence-electron chi connectivity index (χ2n) is 4.29. The van der Waals surface area contributed by atoms with E-state index in [1.165, 1.54) is 4.88 Å². The molecule has 2 atom stereocenters. The van der Waals surface area contributed by atoms with Crippen LogP contribution in [0, 0.1) is 0 Å². The van der Waals surface area contributed by atoms with E-state index in [4.69, 9.17) is 0 Å². The molecule has 2 nitrogen and oxygen atoms in total. The molecule has 0 fully saturated rings. The lowest BCUT2D eigenvalue weighted by atomic mass is 10.1. The number of Topliss-reactive ketones (excluding diaryl/α,β-unsaturated/α-hetero) is 1. The van der Waals surface area contributed by atoms with Crippen molar-refractivity contribution in [1.82, 2.24) is 4.90 Å². The first kappa shape index (κ1) is 13.4. The van der Waals surface area contributed by atoms with E-state index in [-0.39, 0.29) is 6.04 Å². The number of hydrogen-bond acceptors (Lipinski definition) is 3. The zero-order valence-electron chi connectivity index (χ0n) is 10.6. The van der Waals surface area contributed by atoms with Gasteiger partial charge in [0, 0.05) is 17.3 Å². The highest BCUT2D eigenvalue weighted by Crippen LogP contribution is 2.15. The molecule has 3 heteroatoms. The summed E-state index contributed by atoms with van der Waals surface area (Å²) in [5.74, 6) is 0.320. The summed E-state index contributed by atoms with van der Waals surface area (Å²) in [6.07, 6.45) is 1.65. The topological polar surface area (TPSA) is 20.3 Å². The molecule has 1 aromatic heterocycles. The molecule has 0 radical (unpaired) electrons. The fourth-order valence-corrected chi connectivity index (χ4v) is 2.59. The molecule has 0 spiro atoms. The van der Waals surface area contributed by atoms with Crippen molar-refractivity contribution in [3.63, 3.8) is 0 Å². The number of likely N-dealkylation sites (N-methyl/N-ethyl adjacent to an activating group) is 1. The summed E-state index contributed by atoms with van der Waals surface area (Å²) in [6.45, 7) is 6.10. The Balaban J connectivity index is 2.53. The van der Waals surface area contributed by atoms with Gasteiger partial charge in [0.1, 0.15) is 5.78 Å². The van der Waals surface area contributed by atoms with Gasteiger partial charge in [-0.15, -0.1) is 11.3 Å². The Hall–Kier alpha value is -0.670. The highest BCUT2D eigenvalue weighted by molar-refractivity contribution is 7.09. The lowest BCUT2D eigenvalue weighted by Gasteiger charge is -2.29. The van der Waals surface area contributed by atoms with Crippen LogP contribution in [-0.4, -0.2) is 29.8 Å². The van der Waals surface area contributed by atoms with E-state index in [2.05, 4.69) is 29.3 Å². The van der Waals surface area contributed by atoms with Gasteiger partial charge in [0.05, 0.1) is 6.04 Å². The van der Waals surface area contributed by atoms with Gasteiger partial charge in [-0.2, -0.15) is 0 Å². The van der Waals surface area contributed by atoms with E-state index < -0.39 is 0 Å². The molecule has 1 heterocycles. The maximum absolute atomic E-state index is 11.6. The smallest absolute Gasteiger partial charge is 0.149 e. The summed E-state index contributed by atoms with van der Waals surface area (Å²) in [4.78, 5) is 15.2. The van der Waals surface area contributed by atoms with Crippen LogP contribution in [-0.2, 0) is 11.2 Å². The number of carbonyl (C=O) groups is 1. The minimum absolute atomic E-state index is 0.0277. The first-order valence-electron chi connectivity index (χ1n) is 5.83. The van der Waals surface area contributed by atoms with Crippen LogP contribution in [0.15, 0.2) is 17.5 Å². The summed E-state index contributed by atoms with van der Waals surface area (Å²) in [6, 6.07) is 4.67. The van der Waals surface area contributed by atoms with Crippen LogP contribution >= 0.6 is 11.3 Å². The van der Waals surface area contributed by atoms with Crippen LogP contribution in [0.25, 0.3) is 0 Å². The van der Waals surface area contributed by atoms with Gasteiger partial charge in [-0.1, -0.05) is 13.0 Å². The Morgan fingerprint density at radius 2 is 2.19 bits per heavy atom. The van der Waals surface area contributed by atoms with Crippen molar-refractivity contribution in [3.05, 3.63) is 22.4 Å². The third-order valence-corrected chi connectivity index (χ3v) is 4.10. The molecule has 0 amide bonds. The zero-order chi connectivity index (χ0) is 12.1. The Labute approximate surface area is 102 Å². The molecule has 2 unspecified atom stereocenters. The molecule has 1 rings (SSSR count). The first-order valence-corrected chi connectivity index (χ1v) is 6.71. The maximum Gasteiger partial charge on any atom is 0.149 e. The number of thiophene rings is 1. The van der Waals surface area contributed by atoms with Crippen molar-refractivity contribution >= 4 is 17.1 Å². The van der Waals surface area contributed by atoms with Gasteiger partial charge in [-0.3, -0.25) is 9.69 Å². The predicted molar refractivity (Wildman–Crippen MR) is 70.0 cm³/mol. The van der Waals surface area contributed by atoms with Crippen LogP contribution in [0.5, 0.6) is 0 Å². The molecule has 0 aliphatic rings. The minimum Gasteiger partial charge on any atom is -0.298 e. The molecule has 1 aromatic rings. The molecule has 0 aliphatic heterocycles. The Kier molecular flexibility index (Phi) is 5.16. The predicted octanol–water partition coefficient (Wildman–Crippen LogP) is 2.98. The maximum atomic E-state index is 11.6. The number of rotatable bonds is 6. The van der Waals surface area contributed by atoms with Crippen LogP contribution in [0.4, 0.5) is 0 Å². The summed E-state index contributed by atoms with van der Waals surface area (Å²) in [7, 11) is 2.04. The number of hydrogen-bond donors (Lipinski definition) is 0. The highest BCUT2D eigenvalue weighted by Gasteiger charge is 2.20. The molecule has 0 aromatic carbocycles. The lowest BCUT2D eigenvalue weighted by Crippen LogP contribution is -2.42. The third-order valence-electron chi connectivity index (χ3n) is 3.20. The standard InChI is InChI=1S/C13H21NOS/c1-5-13(15)11(3)14(4)10(2)9-12-7-6-8-16-12/h6-8,10-11H,5,9H2,1-4H3. The fraction of sp³-hybridized carbons (Fsp3) is 0.615. The summed E-state index contributed by atoms with van der Waals surface area (Å²) in [5, 5.41) is 2.10. The summed E-state index contributed by atoms with van der Waals surface area (Å²) < 4.78 is 0. The minimum atomic E-state index is 0.0277. The quantitative estimate of drug-likeness (QED) is 0.760. The second kappa shape index (κ2) is 6.16. The number of carbonyl (C=O) groups excluding carboxylic acids is 1. The summed E-state index contributed by atoms with van der Waals surface area (Å²) >= 11 is 1.78. The monoisotopic (exact) mass is 239 g/mol. The van der Waals surface area contributed by atoms with Gasteiger partial charge < -0.3 is 0 Å². The average molecular weight is 239 g/mol. The van der Waals surface area contributed by atoms with E-state index in [0.29, 0.717) is 18.2 Å². The molecule has 0 saturated heterocycles. The fourth-order valence-electron chi connectivity index (χ4n) is 1.77. The van der Waals surface area contributed by atoms with Crippen molar-refractivity contribution in [1.29, 1.82) is 0 Å². The van der Waals surface area contributed by atoms with Gasteiger partial charge in [-0.25, -0.2) is 0 Å². The molecule has 0 N–H and O–H groups in total. The number of ketones is 1. The molecule has 90 valence electrons. The molecule has 0 bridgehead atoms. The third kappa shape index (κ3) is 3.42. The normalized spacial score (nSPS) is 15.1. The second-order valence-corrected chi connectivity index (χ2v) is 5.33. The van der Waals surface area contributed by atoms with Crippen LogP contribution in [0.1, 0.15) is 32.1 Å². The van der Waals surface area contributed by atoms with E-state index in [9.17, 15) is 4.79 Å². The van der Waals surface area contributed by atoms with E-state index in [0.717, 1.165) is 6.42 Å². The van der Waals surface area contributed by atoms with Gasteiger partial charge in [-0.05, 0) is 38.8 Å². The molecule has 16 heavy (non-hydrogen) atoms. The number of nitrogens with zero attached hydrogens (tertiary/aromatic N) is 1. The molecule has 0 saturated carbocycles. The van der Waals surface area contributed by atoms with Crippen molar-refractivity contribution < 1.29 is 4.79 Å². The van der Waals surface area contributed by atoms with Crippen molar-refractivity contribution in [2.75, 3.05) is 7.05 Å². The van der Waals surface area contributed by atoms with Gasteiger partial charge >= 0.3 is 0 Å². The van der Waals surface area contributed by atoms with Crippen LogP contribution < -0.4 is 0 Å². The van der Waals surface area contributed by atoms with Gasteiger partial charge in [0.25, 0.3) is 0 Å². The van der Waals surface area contributed by atoms with Crippen LogP contribution in [0.2, 0.25) is 0 Å². The van der Waals surface area contributed by atoms with Gasteiger partial charge in [0.2, 0.25) is 0 Å². The van der Waals surface area contributed by atoms with Crippen molar-refractivity contribution in [2.24, 2.45) is 0 Å². The SMILES string of the molecule is CCC(=O)C(C)N(C)C(C)Cc1cccs1. The average Bonchev–Trinajstić information content (AvgIpc) is 2.78. The lowest BCUT2D eigenvalue weighted by molar-refractivity contribution is -0.123. The molecular weight excluding hydrogens is 218 g/mol. The Morgan fingerprint density at radius 3 is 2.69 bits per heavy atom. The molecular formula is C13H21NOS. The summed E-state index contributed by atoms with van der Waals surface area (Å²) in [5.41, 5.74) is 0. The first-order chi connectivity index (χ1) is 7.56. The Morgan fingerprint density at radius 1 is 1.50 bits per heavy atom. The zero-order valence-corrected chi connectivity index (χ0v) is 11.4. The van der Waals surface area contributed by atoms with Gasteiger partial charge in [0.15, 0.2) is 0 Å².